The first-order valence-electron chi connectivity index (χ1n) is 6.71. The highest BCUT2D eigenvalue weighted by molar-refractivity contribution is 6.10. The molecule has 0 fully saturated rings. The Kier molecular flexibility index (Phi) is 5.22. The number of hydrazone groups is 1. The number of hydrogen-bond acceptors (Lipinski definition) is 6. The highest BCUT2D eigenvalue weighted by atomic mass is 19.1. The van der Waals surface area contributed by atoms with Crippen molar-refractivity contribution in [3.05, 3.63) is 53.8 Å². The minimum atomic E-state index is -0.763. The minimum Gasteiger partial charge on any atom is -0.465 e. The highest BCUT2D eigenvalue weighted by Crippen LogP contribution is 2.25. The lowest BCUT2D eigenvalue weighted by Crippen LogP contribution is -2.04. The van der Waals surface area contributed by atoms with Crippen LogP contribution in [-0.4, -0.2) is 18.8 Å². The number of hydrogen-bond donors (Lipinski definition) is 1. The number of ether oxygens (including phenoxy) is 1. The number of methoxy groups -OCH3 is 1. The molecule has 1 N–H and O–H groups in total. The van der Waals surface area contributed by atoms with Crippen molar-refractivity contribution in [2.24, 2.45) is 5.10 Å². The highest BCUT2D eigenvalue weighted by Gasteiger charge is 2.13. The molecule has 0 spiro atoms. The van der Waals surface area contributed by atoms with E-state index in [-0.39, 0.29) is 11.3 Å². The van der Waals surface area contributed by atoms with Gasteiger partial charge in [0.2, 0.25) is 5.71 Å². The Morgan fingerprint density at radius 3 is 2.54 bits per heavy atom. The maximum atomic E-state index is 13.7. The second-order valence-corrected chi connectivity index (χ2v) is 4.56. The van der Waals surface area contributed by atoms with E-state index in [1.165, 1.54) is 25.3 Å². The topological polar surface area (TPSA) is 98.3 Å². The van der Waals surface area contributed by atoms with E-state index < -0.39 is 11.8 Å². The zero-order chi connectivity index (χ0) is 17.5. The molecule has 0 heterocycles. The SMILES string of the molecule is COC(=O)c1cc(-c2cccc(NN=C(C#N)C#N)c2)ccc1F. The lowest BCUT2D eigenvalue weighted by molar-refractivity contribution is 0.0595. The molecule has 0 bridgehead atoms. The van der Waals surface area contributed by atoms with E-state index in [9.17, 15) is 9.18 Å². The lowest BCUT2D eigenvalue weighted by Gasteiger charge is -2.07. The standard InChI is InChI=1S/C17H11FN4O2/c1-24-17(23)15-8-12(5-6-16(15)18)11-3-2-4-13(7-11)21-22-14(9-19)10-20/h2-8,21H,1H3. The number of esters is 1. The quantitative estimate of drug-likeness (QED) is 0.530. The van der Waals surface area contributed by atoms with Crippen molar-refractivity contribution in [1.82, 2.24) is 0 Å². The molecule has 7 heteroatoms. The molecule has 2 aromatic rings. The molecule has 0 aliphatic heterocycles. The molecule has 118 valence electrons. The fraction of sp³-hybridized carbons (Fsp3) is 0.0588. The van der Waals surface area contributed by atoms with E-state index in [0.29, 0.717) is 16.8 Å². The predicted molar refractivity (Wildman–Crippen MR) is 85.5 cm³/mol. The normalized spacial score (nSPS) is 9.33. The van der Waals surface area contributed by atoms with Crippen LogP contribution < -0.4 is 5.43 Å². The number of halogens is 1. The Hall–Kier alpha value is -3.71. The van der Waals surface area contributed by atoms with Crippen molar-refractivity contribution in [2.75, 3.05) is 12.5 Å². The summed E-state index contributed by atoms with van der Waals surface area (Å²) in [5.74, 6) is -1.43. The van der Waals surface area contributed by atoms with Crippen molar-refractivity contribution < 1.29 is 13.9 Å². The van der Waals surface area contributed by atoms with E-state index in [4.69, 9.17) is 10.5 Å². The van der Waals surface area contributed by atoms with E-state index in [2.05, 4.69) is 15.3 Å². The van der Waals surface area contributed by atoms with Crippen molar-refractivity contribution in [1.29, 1.82) is 10.5 Å². The van der Waals surface area contributed by atoms with Gasteiger partial charge in [0, 0.05) is 0 Å². The first-order chi connectivity index (χ1) is 11.6. The average Bonchev–Trinajstić information content (AvgIpc) is 2.62. The van der Waals surface area contributed by atoms with Crippen LogP contribution in [0, 0.1) is 28.5 Å². The number of nitrogens with one attached hydrogen (secondary N) is 1. The van der Waals surface area contributed by atoms with Gasteiger partial charge in [0.15, 0.2) is 0 Å². The third kappa shape index (κ3) is 3.73. The van der Waals surface area contributed by atoms with Gasteiger partial charge in [-0.1, -0.05) is 18.2 Å². The fourth-order valence-corrected chi connectivity index (χ4v) is 1.93. The average molecular weight is 322 g/mol. The van der Waals surface area contributed by atoms with Crippen LogP contribution in [0.1, 0.15) is 10.4 Å². The zero-order valence-corrected chi connectivity index (χ0v) is 12.6. The molecular weight excluding hydrogens is 311 g/mol. The largest absolute Gasteiger partial charge is 0.465 e. The van der Waals surface area contributed by atoms with E-state index in [0.717, 1.165) is 0 Å². The summed E-state index contributed by atoms with van der Waals surface area (Å²) >= 11 is 0. The summed E-state index contributed by atoms with van der Waals surface area (Å²) in [7, 11) is 1.18. The van der Waals surface area contributed by atoms with E-state index in [1.54, 1.807) is 36.4 Å². The molecule has 0 unspecified atom stereocenters. The van der Waals surface area contributed by atoms with Crippen LogP contribution in [0.3, 0.4) is 0 Å². The number of benzene rings is 2. The summed E-state index contributed by atoms with van der Waals surface area (Å²) in [5, 5.41) is 20.9. The monoisotopic (exact) mass is 322 g/mol. The van der Waals surface area contributed by atoms with Crippen LogP contribution in [0.2, 0.25) is 0 Å². The number of nitriles is 2. The summed E-state index contributed by atoms with van der Waals surface area (Å²) in [6.07, 6.45) is 0. The van der Waals surface area contributed by atoms with Gasteiger partial charge in [-0.2, -0.15) is 15.6 Å². The second kappa shape index (κ2) is 7.52. The van der Waals surface area contributed by atoms with Gasteiger partial charge in [-0.05, 0) is 35.4 Å². The van der Waals surface area contributed by atoms with Gasteiger partial charge < -0.3 is 4.74 Å². The number of carbonyl (C=O) groups excluding carboxylic acids is 1. The van der Waals surface area contributed by atoms with Crippen LogP contribution in [0.4, 0.5) is 10.1 Å². The van der Waals surface area contributed by atoms with Gasteiger partial charge in [-0.3, -0.25) is 5.43 Å². The fourth-order valence-electron chi connectivity index (χ4n) is 1.93. The second-order valence-electron chi connectivity index (χ2n) is 4.56. The molecular formula is C17H11FN4O2. The Morgan fingerprint density at radius 2 is 1.88 bits per heavy atom. The molecule has 0 saturated heterocycles. The number of carbonyl (C=O) groups is 1. The maximum absolute atomic E-state index is 13.7. The molecule has 0 atom stereocenters. The van der Waals surface area contributed by atoms with Crippen molar-refractivity contribution in [2.45, 2.75) is 0 Å². The first-order valence-corrected chi connectivity index (χ1v) is 6.71. The van der Waals surface area contributed by atoms with Crippen LogP contribution in [0.5, 0.6) is 0 Å². The maximum Gasteiger partial charge on any atom is 0.340 e. The Labute approximate surface area is 137 Å². The van der Waals surface area contributed by atoms with Crippen molar-refractivity contribution >= 4 is 17.4 Å². The Bertz CT molecular complexity index is 878. The van der Waals surface area contributed by atoms with Gasteiger partial charge in [0.05, 0.1) is 18.4 Å². The van der Waals surface area contributed by atoms with Crippen LogP contribution in [-0.2, 0) is 4.74 Å². The summed E-state index contributed by atoms with van der Waals surface area (Å²) in [6.45, 7) is 0. The molecule has 6 nitrogen and oxygen atoms in total. The van der Waals surface area contributed by atoms with Gasteiger partial charge in [0.1, 0.15) is 18.0 Å². The van der Waals surface area contributed by atoms with Gasteiger partial charge in [-0.15, -0.1) is 0 Å². The van der Waals surface area contributed by atoms with Crippen molar-refractivity contribution in [3.8, 4) is 23.3 Å². The molecule has 2 rings (SSSR count). The Morgan fingerprint density at radius 1 is 1.17 bits per heavy atom. The van der Waals surface area contributed by atoms with Gasteiger partial charge in [-0.25, -0.2) is 9.18 Å². The van der Waals surface area contributed by atoms with E-state index in [1.807, 2.05) is 0 Å². The van der Waals surface area contributed by atoms with Gasteiger partial charge >= 0.3 is 5.97 Å². The summed E-state index contributed by atoms with van der Waals surface area (Å²) in [6, 6.07) is 14.2. The molecule has 0 aliphatic rings. The molecule has 0 saturated carbocycles. The smallest absolute Gasteiger partial charge is 0.340 e. The molecule has 2 aromatic carbocycles. The zero-order valence-electron chi connectivity index (χ0n) is 12.6. The molecule has 0 radical (unpaired) electrons. The lowest BCUT2D eigenvalue weighted by atomic mass is 10.0. The number of anilines is 1. The third-order valence-corrected chi connectivity index (χ3v) is 3.08. The number of nitrogens with zero attached hydrogens (tertiary/aromatic N) is 3. The van der Waals surface area contributed by atoms with Crippen LogP contribution in [0.15, 0.2) is 47.6 Å². The van der Waals surface area contributed by atoms with Crippen LogP contribution >= 0.6 is 0 Å². The molecule has 24 heavy (non-hydrogen) atoms. The molecule has 0 amide bonds. The van der Waals surface area contributed by atoms with E-state index >= 15 is 0 Å². The molecule has 0 aliphatic carbocycles. The summed E-state index contributed by atoms with van der Waals surface area (Å²) < 4.78 is 18.2. The van der Waals surface area contributed by atoms with Crippen LogP contribution in [0.25, 0.3) is 11.1 Å². The Balaban J connectivity index is 2.36. The third-order valence-electron chi connectivity index (χ3n) is 3.08. The first kappa shape index (κ1) is 16.7. The number of rotatable bonds is 4. The minimum absolute atomic E-state index is 0.164. The summed E-state index contributed by atoms with van der Waals surface area (Å²) in [4.78, 5) is 11.6. The van der Waals surface area contributed by atoms with Crippen molar-refractivity contribution in [3.63, 3.8) is 0 Å². The molecule has 0 aromatic heterocycles. The predicted octanol–water partition coefficient (Wildman–Crippen LogP) is 3.09. The van der Waals surface area contributed by atoms with Gasteiger partial charge in [0.25, 0.3) is 0 Å². The summed E-state index contributed by atoms with van der Waals surface area (Å²) in [5.41, 5.74) is 3.94.